The number of fused-ring (bicyclic) bond motifs is 6. The Kier molecular flexibility index (Phi) is 7.01. The second-order valence-electron chi connectivity index (χ2n) is 12.2. The van der Waals surface area contributed by atoms with E-state index in [0.717, 1.165) is 84.9 Å². The molecule has 9 rings (SSSR count). The Morgan fingerprint density at radius 1 is 0.360 bits per heavy atom. The molecule has 0 radical (unpaired) electrons. The largest absolute Gasteiger partial charge is 0.192 e. The summed E-state index contributed by atoms with van der Waals surface area (Å²) in [5.74, 6) is 0. The van der Waals surface area contributed by atoms with E-state index in [4.69, 9.17) is 0 Å². The van der Waals surface area contributed by atoms with Crippen LogP contribution in [0.5, 0.6) is 0 Å². The van der Waals surface area contributed by atoms with E-state index < -0.39 is 0 Å². The number of nitrogens with zero attached hydrogens (tertiary/aromatic N) is 3. The normalized spacial score (nSPS) is 11.1. The molecule has 0 aliphatic heterocycles. The summed E-state index contributed by atoms with van der Waals surface area (Å²) < 4.78 is 4.62. The number of thiophene rings is 2. The minimum Gasteiger partial charge on any atom is -0.192 e. The van der Waals surface area contributed by atoms with Crippen molar-refractivity contribution in [3.05, 3.63) is 156 Å². The highest BCUT2D eigenvalue weighted by atomic mass is 32.1. The molecule has 2 heterocycles. The number of hydrogen-bond donors (Lipinski definition) is 0. The first-order valence-electron chi connectivity index (χ1n) is 16.1. The highest BCUT2D eigenvalue weighted by Gasteiger charge is 2.20. The Hall–Kier alpha value is -6.55. The fraction of sp³-hybridized carbons (Fsp3) is 0. The molecule has 9 aromatic rings. The summed E-state index contributed by atoms with van der Waals surface area (Å²) in [5, 5.41) is 33.9. The zero-order valence-corrected chi connectivity index (χ0v) is 28.1. The molecule has 0 aliphatic rings. The van der Waals surface area contributed by atoms with Gasteiger partial charge in [-0.3, -0.25) is 0 Å². The van der Waals surface area contributed by atoms with E-state index in [1.807, 2.05) is 66.7 Å². The van der Waals surface area contributed by atoms with E-state index in [1.165, 1.54) is 0 Å². The summed E-state index contributed by atoms with van der Waals surface area (Å²) in [7, 11) is 0. The van der Waals surface area contributed by atoms with Gasteiger partial charge in [-0.25, -0.2) is 0 Å². The van der Waals surface area contributed by atoms with Crippen LogP contribution in [-0.4, -0.2) is 0 Å². The van der Waals surface area contributed by atoms with Crippen molar-refractivity contribution in [2.45, 2.75) is 0 Å². The fourth-order valence-electron chi connectivity index (χ4n) is 7.03. The van der Waals surface area contributed by atoms with E-state index in [0.29, 0.717) is 16.7 Å². The van der Waals surface area contributed by atoms with Crippen molar-refractivity contribution in [1.82, 2.24) is 0 Å². The lowest BCUT2D eigenvalue weighted by Crippen LogP contribution is -1.94. The minimum atomic E-state index is 0.614. The third-order valence-electron chi connectivity index (χ3n) is 9.38. The standard InChI is InChI=1S/C45H23N3S2/c46-24-27-10-14-41-37(18-27)39-20-30(12-16-43(39)49-41)35-22-33(34-9-5-4-8-32(34)26-48)23-36(45(35)29-6-2-1-3-7-29)31-13-17-44-40(21-31)38-19-28(25-47)11-15-42(38)50-44/h1-23H. The lowest BCUT2D eigenvalue weighted by molar-refractivity contribution is 1.47. The zero-order valence-electron chi connectivity index (χ0n) is 26.4. The van der Waals surface area contributed by atoms with Gasteiger partial charge in [-0.2, -0.15) is 15.8 Å². The molecule has 0 spiro atoms. The Labute approximate surface area is 296 Å². The van der Waals surface area contributed by atoms with Gasteiger partial charge >= 0.3 is 0 Å². The van der Waals surface area contributed by atoms with Gasteiger partial charge in [0.2, 0.25) is 0 Å². The number of hydrogen-bond acceptors (Lipinski definition) is 5. The summed E-state index contributed by atoms with van der Waals surface area (Å²) in [5.41, 5.74) is 10.1. The maximum Gasteiger partial charge on any atom is 0.0998 e. The molecule has 0 bridgehead atoms. The minimum absolute atomic E-state index is 0.614. The van der Waals surface area contributed by atoms with Crippen molar-refractivity contribution in [2.24, 2.45) is 0 Å². The second-order valence-corrected chi connectivity index (χ2v) is 14.4. The number of nitriles is 3. The van der Waals surface area contributed by atoms with Crippen LogP contribution >= 0.6 is 22.7 Å². The van der Waals surface area contributed by atoms with Crippen LogP contribution in [0.2, 0.25) is 0 Å². The Bertz CT molecular complexity index is 2810. The van der Waals surface area contributed by atoms with Crippen LogP contribution in [0.1, 0.15) is 16.7 Å². The van der Waals surface area contributed by atoms with E-state index in [1.54, 1.807) is 22.7 Å². The number of benzene rings is 7. The van der Waals surface area contributed by atoms with Crippen molar-refractivity contribution >= 4 is 63.0 Å². The van der Waals surface area contributed by atoms with E-state index in [-0.39, 0.29) is 0 Å². The average Bonchev–Trinajstić information content (AvgIpc) is 3.74. The molecule has 3 nitrogen and oxygen atoms in total. The smallest absolute Gasteiger partial charge is 0.0998 e. The first kappa shape index (κ1) is 29.6. The molecular formula is C45H23N3S2. The highest BCUT2D eigenvalue weighted by Crippen LogP contribution is 2.47. The Morgan fingerprint density at radius 3 is 1.36 bits per heavy atom. The summed E-state index contributed by atoms with van der Waals surface area (Å²) >= 11 is 3.46. The van der Waals surface area contributed by atoms with Gasteiger partial charge in [0.25, 0.3) is 0 Å². The molecule has 0 saturated carbocycles. The first-order valence-corrected chi connectivity index (χ1v) is 17.7. The SMILES string of the molecule is N#Cc1ccc2sc3ccc(-c4cc(-c5ccccc5C#N)cc(-c5ccc6sc7ccc(C#N)cc7c6c5)c4-c4ccccc4)cc3c2c1. The van der Waals surface area contributed by atoms with Crippen LogP contribution in [0.15, 0.2) is 140 Å². The lowest BCUT2D eigenvalue weighted by atomic mass is 9.83. The summed E-state index contributed by atoms with van der Waals surface area (Å²) in [4.78, 5) is 0. The van der Waals surface area contributed by atoms with Gasteiger partial charge in [0, 0.05) is 40.3 Å². The van der Waals surface area contributed by atoms with Crippen LogP contribution in [0, 0.1) is 34.0 Å². The zero-order chi connectivity index (χ0) is 33.8. The van der Waals surface area contributed by atoms with Crippen molar-refractivity contribution in [2.75, 3.05) is 0 Å². The molecule has 0 saturated heterocycles. The first-order chi connectivity index (χ1) is 24.6. The van der Waals surface area contributed by atoms with Gasteiger partial charge < -0.3 is 0 Å². The molecule has 0 unspecified atom stereocenters. The molecule has 5 heteroatoms. The van der Waals surface area contributed by atoms with Gasteiger partial charge in [0.05, 0.1) is 34.9 Å². The molecule has 0 amide bonds. The Morgan fingerprint density at radius 2 is 0.840 bits per heavy atom. The lowest BCUT2D eigenvalue weighted by Gasteiger charge is -2.20. The van der Waals surface area contributed by atoms with E-state index in [9.17, 15) is 15.8 Å². The summed E-state index contributed by atoms with van der Waals surface area (Å²) in [6, 6.07) is 54.7. The van der Waals surface area contributed by atoms with Crippen LogP contribution in [-0.2, 0) is 0 Å². The van der Waals surface area contributed by atoms with Crippen LogP contribution < -0.4 is 0 Å². The fourth-order valence-corrected chi connectivity index (χ4v) is 9.16. The third-order valence-corrected chi connectivity index (χ3v) is 11.7. The Balaban J connectivity index is 1.39. The van der Waals surface area contributed by atoms with Crippen LogP contribution in [0.25, 0.3) is 84.9 Å². The van der Waals surface area contributed by atoms with E-state index >= 15 is 0 Å². The molecule has 50 heavy (non-hydrogen) atoms. The second kappa shape index (κ2) is 11.9. The molecule has 0 fully saturated rings. The predicted molar refractivity (Wildman–Crippen MR) is 208 cm³/mol. The topological polar surface area (TPSA) is 71.4 Å². The molecule has 7 aromatic carbocycles. The molecule has 230 valence electrons. The van der Waals surface area contributed by atoms with Crippen molar-refractivity contribution in [3.8, 4) is 62.7 Å². The van der Waals surface area contributed by atoms with Gasteiger partial charge in [0.1, 0.15) is 0 Å². The van der Waals surface area contributed by atoms with Gasteiger partial charge in [-0.15, -0.1) is 22.7 Å². The van der Waals surface area contributed by atoms with Gasteiger partial charge in [-0.1, -0.05) is 60.7 Å². The molecular weight excluding hydrogens is 647 g/mol. The van der Waals surface area contributed by atoms with Gasteiger partial charge in [-0.05, 0) is 123 Å². The van der Waals surface area contributed by atoms with Gasteiger partial charge in [0.15, 0.2) is 0 Å². The summed E-state index contributed by atoms with van der Waals surface area (Å²) in [6.07, 6.45) is 0. The average molecular weight is 670 g/mol. The summed E-state index contributed by atoms with van der Waals surface area (Å²) in [6.45, 7) is 0. The predicted octanol–water partition coefficient (Wildman–Crippen LogP) is 12.7. The number of rotatable bonds is 4. The maximum atomic E-state index is 10.2. The molecule has 0 aliphatic carbocycles. The van der Waals surface area contributed by atoms with Crippen LogP contribution in [0.3, 0.4) is 0 Å². The quantitative estimate of drug-likeness (QED) is 0.187. The van der Waals surface area contributed by atoms with Crippen LogP contribution in [0.4, 0.5) is 0 Å². The molecule has 0 N–H and O–H groups in total. The van der Waals surface area contributed by atoms with Crippen molar-refractivity contribution in [1.29, 1.82) is 15.8 Å². The third kappa shape index (κ3) is 4.83. The molecule has 0 atom stereocenters. The maximum absolute atomic E-state index is 10.2. The molecule has 2 aromatic heterocycles. The van der Waals surface area contributed by atoms with Crippen molar-refractivity contribution < 1.29 is 0 Å². The monoisotopic (exact) mass is 669 g/mol. The van der Waals surface area contributed by atoms with Crippen molar-refractivity contribution in [3.63, 3.8) is 0 Å². The highest BCUT2D eigenvalue weighted by molar-refractivity contribution is 7.26. The van der Waals surface area contributed by atoms with E-state index in [2.05, 4.69) is 91.0 Å².